The first-order valence-electron chi connectivity index (χ1n) is 7.04. The maximum Gasteiger partial charge on any atom is 0.148 e. The first kappa shape index (κ1) is 17.9. The van der Waals surface area contributed by atoms with Gasteiger partial charge in [0.25, 0.3) is 0 Å². The summed E-state index contributed by atoms with van der Waals surface area (Å²) in [5.41, 5.74) is 14.9. The maximum atomic E-state index is 12.2. The van der Waals surface area contributed by atoms with Gasteiger partial charge in [0.05, 0.1) is 22.1 Å². The summed E-state index contributed by atoms with van der Waals surface area (Å²) in [5, 5.41) is 4.19. The Kier molecular flexibility index (Phi) is 5.56. The average Bonchev–Trinajstić information content (AvgIpc) is 2.86. The number of anilines is 2. The van der Waals surface area contributed by atoms with E-state index in [0.717, 1.165) is 33.6 Å². The van der Waals surface area contributed by atoms with Crippen LogP contribution in [0.3, 0.4) is 0 Å². The second-order valence-electron chi connectivity index (χ2n) is 5.20. The van der Waals surface area contributed by atoms with E-state index in [1.54, 1.807) is 6.20 Å². The minimum absolute atomic E-state index is 0.0311. The molecule has 0 aliphatic rings. The summed E-state index contributed by atoms with van der Waals surface area (Å²) in [6, 6.07) is 8.93. The zero-order chi connectivity index (χ0) is 17.9. The van der Waals surface area contributed by atoms with E-state index in [-0.39, 0.29) is 5.69 Å². The molecule has 126 valence electrons. The van der Waals surface area contributed by atoms with Gasteiger partial charge in [-0.1, -0.05) is 6.07 Å². The monoisotopic (exact) mass is 394 g/mol. The summed E-state index contributed by atoms with van der Waals surface area (Å²) >= 11 is 3.49. The Morgan fingerprint density at radius 2 is 1.79 bits per heavy atom. The predicted octanol–water partition coefficient (Wildman–Crippen LogP) is 4.29. The highest BCUT2D eigenvalue weighted by atomic mass is 79.9. The molecule has 0 saturated heterocycles. The minimum Gasteiger partial charge on any atom is -0.399 e. The maximum absolute atomic E-state index is 12.2. The Morgan fingerprint density at radius 1 is 1.08 bits per heavy atom. The van der Waals surface area contributed by atoms with Crippen LogP contribution in [0.25, 0.3) is 11.3 Å². The normalized spacial score (nSPS) is 10.2. The quantitative estimate of drug-likeness (QED) is 0.604. The number of benzene rings is 2. The van der Waals surface area contributed by atoms with Crippen LogP contribution in [0.5, 0.6) is 0 Å². The first-order chi connectivity index (χ1) is 11.3. The fourth-order valence-corrected chi connectivity index (χ4v) is 2.67. The standard InChI is InChI=1S/C11H12BrN3.C6H5F2N/c1-7-3-4-8(13)5-9(7)11-10(12)6-14-15(11)2;7-4-1-2-6(9)5(8)3-4/h3-6H,13H2,1-2H3;1-3H,9H2. The molecule has 2 aromatic carbocycles. The van der Waals surface area contributed by atoms with Crippen LogP contribution < -0.4 is 11.5 Å². The molecule has 0 spiro atoms. The Hall–Kier alpha value is -2.41. The van der Waals surface area contributed by atoms with Crippen LogP contribution in [-0.2, 0) is 7.05 Å². The van der Waals surface area contributed by atoms with Crippen LogP contribution in [0.2, 0.25) is 0 Å². The van der Waals surface area contributed by atoms with Gasteiger partial charge in [-0.2, -0.15) is 5.10 Å². The van der Waals surface area contributed by atoms with E-state index in [1.807, 2.05) is 29.9 Å². The van der Waals surface area contributed by atoms with Gasteiger partial charge in [0.2, 0.25) is 0 Å². The van der Waals surface area contributed by atoms with Crippen molar-refractivity contribution in [2.45, 2.75) is 6.92 Å². The van der Waals surface area contributed by atoms with Gasteiger partial charge in [-0.15, -0.1) is 0 Å². The number of rotatable bonds is 1. The van der Waals surface area contributed by atoms with E-state index in [2.05, 4.69) is 28.0 Å². The summed E-state index contributed by atoms with van der Waals surface area (Å²) in [5.74, 6) is -1.32. The van der Waals surface area contributed by atoms with Crippen LogP contribution in [0.15, 0.2) is 47.1 Å². The molecule has 4 nitrogen and oxygen atoms in total. The number of hydrogen-bond acceptors (Lipinski definition) is 3. The zero-order valence-electron chi connectivity index (χ0n) is 13.2. The Morgan fingerprint density at radius 3 is 2.33 bits per heavy atom. The van der Waals surface area contributed by atoms with Crippen molar-refractivity contribution in [3.8, 4) is 11.3 Å². The lowest BCUT2D eigenvalue weighted by Crippen LogP contribution is -1.96. The lowest BCUT2D eigenvalue weighted by Gasteiger charge is -2.08. The largest absolute Gasteiger partial charge is 0.399 e. The Bertz CT molecular complexity index is 842. The number of hydrogen-bond donors (Lipinski definition) is 2. The van der Waals surface area contributed by atoms with Gasteiger partial charge in [-0.05, 0) is 52.7 Å². The molecule has 1 heterocycles. The first-order valence-corrected chi connectivity index (χ1v) is 7.83. The van der Waals surface area contributed by atoms with Gasteiger partial charge in [-0.3, -0.25) is 4.68 Å². The molecule has 0 fully saturated rings. The molecule has 0 aliphatic carbocycles. The molecule has 0 atom stereocenters. The summed E-state index contributed by atoms with van der Waals surface area (Å²) in [6.45, 7) is 2.06. The Balaban J connectivity index is 0.000000198. The smallest absolute Gasteiger partial charge is 0.148 e. The fraction of sp³-hybridized carbons (Fsp3) is 0.118. The molecule has 0 aliphatic heterocycles. The highest BCUT2D eigenvalue weighted by Crippen LogP contribution is 2.31. The SMILES string of the molecule is Cc1ccc(N)cc1-c1c(Br)cnn1C.Nc1ccc(F)cc1F. The van der Waals surface area contributed by atoms with Crippen LogP contribution >= 0.6 is 15.9 Å². The van der Waals surface area contributed by atoms with Crippen molar-refractivity contribution >= 4 is 27.3 Å². The lowest BCUT2D eigenvalue weighted by molar-refractivity contribution is 0.586. The van der Waals surface area contributed by atoms with E-state index >= 15 is 0 Å². The van der Waals surface area contributed by atoms with Crippen LogP contribution in [0.4, 0.5) is 20.2 Å². The van der Waals surface area contributed by atoms with Crippen LogP contribution in [-0.4, -0.2) is 9.78 Å². The third kappa shape index (κ3) is 4.11. The van der Waals surface area contributed by atoms with Gasteiger partial charge < -0.3 is 11.5 Å². The van der Waals surface area contributed by atoms with Crippen molar-refractivity contribution in [3.05, 3.63) is 64.3 Å². The van der Waals surface area contributed by atoms with Gasteiger partial charge in [0, 0.05) is 24.4 Å². The van der Waals surface area contributed by atoms with Crippen LogP contribution in [0.1, 0.15) is 5.56 Å². The number of aryl methyl sites for hydroxylation is 2. The zero-order valence-corrected chi connectivity index (χ0v) is 14.8. The van der Waals surface area contributed by atoms with E-state index < -0.39 is 11.6 Å². The highest BCUT2D eigenvalue weighted by Gasteiger charge is 2.11. The summed E-state index contributed by atoms with van der Waals surface area (Å²) in [6.07, 6.45) is 1.79. The van der Waals surface area contributed by atoms with Crippen molar-refractivity contribution in [2.24, 2.45) is 7.05 Å². The molecule has 0 saturated carbocycles. The molecule has 1 aromatic heterocycles. The molecular weight excluding hydrogens is 378 g/mol. The van der Waals surface area contributed by atoms with Crippen molar-refractivity contribution in [3.63, 3.8) is 0 Å². The third-order valence-electron chi connectivity index (χ3n) is 3.37. The molecule has 7 heteroatoms. The fourth-order valence-electron chi connectivity index (χ4n) is 2.11. The Labute approximate surface area is 147 Å². The van der Waals surface area contributed by atoms with Gasteiger partial charge in [-0.25, -0.2) is 8.78 Å². The van der Waals surface area contributed by atoms with Crippen molar-refractivity contribution in [2.75, 3.05) is 11.5 Å². The number of nitrogens with two attached hydrogens (primary N) is 2. The number of nitrogens with zero attached hydrogens (tertiary/aromatic N) is 2. The van der Waals surface area contributed by atoms with Crippen molar-refractivity contribution < 1.29 is 8.78 Å². The molecule has 3 rings (SSSR count). The molecule has 0 unspecified atom stereocenters. The van der Waals surface area contributed by atoms with Gasteiger partial charge in [0.1, 0.15) is 11.6 Å². The van der Waals surface area contributed by atoms with Crippen LogP contribution in [0, 0.1) is 18.6 Å². The molecule has 3 aromatic rings. The molecule has 24 heavy (non-hydrogen) atoms. The lowest BCUT2D eigenvalue weighted by atomic mass is 10.1. The van der Waals surface area contributed by atoms with Crippen molar-refractivity contribution in [1.29, 1.82) is 0 Å². The molecule has 0 bridgehead atoms. The van der Waals surface area contributed by atoms with Crippen molar-refractivity contribution in [1.82, 2.24) is 9.78 Å². The van der Waals surface area contributed by atoms with Gasteiger partial charge in [0.15, 0.2) is 0 Å². The molecule has 4 N–H and O–H groups in total. The summed E-state index contributed by atoms with van der Waals surface area (Å²) in [4.78, 5) is 0. The predicted molar refractivity (Wildman–Crippen MR) is 96.3 cm³/mol. The third-order valence-corrected chi connectivity index (χ3v) is 3.95. The summed E-state index contributed by atoms with van der Waals surface area (Å²) < 4.78 is 27.1. The number of aromatic nitrogens is 2. The molecular formula is C17H17BrF2N4. The highest BCUT2D eigenvalue weighted by molar-refractivity contribution is 9.10. The van der Waals surface area contributed by atoms with Gasteiger partial charge >= 0.3 is 0 Å². The summed E-state index contributed by atoms with van der Waals surface area (Å²) in [7, 11) is 1.92. The van der Waals surface area contributed by atoms with E-state index in [0.29, 0.717) is 0 Å². The average molecular weight is 395 g/mol. The molecule has 0 radical (unpaired) electrons. The number of nitrogen functional groups attached to an aromatic ring is 2. The van der Waals surface area contributed by atoms with E-state index in [4.69, 9.17) is 11.5 Å². The second kappa shape index (κ2) is 7.44. The van der Waals surface area contributed by atoms with E-state index in [9.17, 15) is 8.78 Å². The van der Waals surface area contributed by atoms with E-state index in [1.165, 1.54) is 11.6 Å². The topological polar surface area (TPSA) is 69.9 Å². The number of halogens is 3. The molecule has 0 amide bonds. The minimum atomic E-state index is -0.713. The second-order valence-corrected chi connectivity index (χ2v) is 6.06.